The molecule has 1 atom stereocenters. The average Bonchev–Trinajstić information content (AvgIpc) is 3.57. The molecule has 8 heteroatoms. The molecule has 2 aromatic rings. The first kappa shape index (κ1) is 24.5. The third kappa shape index (κ3) is 5.55. The SMILES string of the molecule is COCCN(CC(=O)N1CCc2sccc2C1COc1ccccc1OC)C(=O)C1CCCC1. The van der Waals surface area contributed by atoms with Crippen LogP contribution >= 0.6 is 11.3 Å². The minimum absolute atomic E-state index is 0.0270. The lowest BCUT2D eigenvalue weighted by atomic mass is 10.00. The van der Waals surface area contributed by atoms with Crippen LogP contribution in [0.1, 0.15) is 42.2 Å². The molecular formula is C26H34N2O5S. The van der Waals surface area contributed by atoms with E-state index < -0.39 is 0 Å². The number of rotatable bonds is 10. The molecule has 184 valence electrons. The normalized spacial score (nSPS) is 17.9. The molecule has 0 saturated heterocycles. The summed E-state index contributed by atoms with van der Waals surface area (Å²) < 4.78 is 16.8. The fourth-order valence-electron chi connectivity index (χ4n) is 4.94. The van der Waals surface area contributed by atoms with Crippen molar-refractivity contribution in [2.75, 3.05) is 47.1 Å². The molecule has 1 aromatic carbocycles. The molecule has 0 radical (unpaired) electrons. The average molecular weight is 487 g/mol. The van der Waals surface area contributed by atoms with Crippen LogP contribution < -0.4 is 9.47 Å². The second kappa shape index (κ2) is 11.7. The number of ether oxygens (including phenoxy) is 3. The predicted molar refractivity (Wildman–Crippen MR) is 131 cm³/mol. The number of hydrogen-bond acceptors (Lipinski definition) is 6. The predicted octanol–water partition coefficient (Wildman–Crippen LogP) is 3.93. The lowest BCUT2D eigenvalue weighted by molar-refractivity contribution is -0.145. The van der Waals surface area contributed by atoms with Crippen molar-refractivity contribution in [3.63, 3.8) is 0 Å². The number of thiophene rings is 1. The first-order chi connectivity index (χ1) is 16.6. The van der Waals surface area contributed by atoms with Gasteiger partial charge >= 0.3 is 0 Å². The summed E-state index contributed by atoms with van der Waals surface area (Å²) in [7, 11) is 3.24. The van der Waals surface area contributed by atoms with Crippen molar-refractivity contribution in [2.24, 2.45) is 5.92 Å². The molecule has 34 heavy (non-hydrogen) atoms. The van der Waals surface area contributed by atoms with Gasteiger partial charge in [0.05, 0.1) is 26.3 Å². The van der Waals surface area contributed by atoms with Crippen molar-refractivity contribution >= 4 is 23.2 Å². The van der Waals surface area contributed by atoms with E-state index in [0.29, 0.717) is 37.8 Å². The van der Waals surface area contributed by atoms with E-state index >= 15 is 0 Å². The third-order valence-electron chi connectivity index (χ3n) is 6.79. The van der Waals surface area contributed by atoms with Crippen molar-refractivity contribution in [2.45, 2.75) is 38.1 Å². The second-order valence-electron chi connectivity index (χ2n) is 8.85. The van der Waals surface area contributed by atoms with Crippen LogP contribution in [0.3, 0.4) is 0 Å². The van der Waals surface area contributed by atoms with E-state index in [0.717, 1.165) is 37.7 Å². The molecular weight excluding hydrogens is 452 g/mol. The topological polar surface area (TPSA) is 68.3 Å². The van der Waals surface area contributed by atoms with E-state index in [1.807, 2.05) is 29.2 Å². The standard InChI is InChI=1S/C26H34N2O5S/c1-31-15-14-27(26(30)19-7-3-4-8-19)17-25(29)28-13-11-24-20(12-16-34-24)21(28)18-33-23-10-6-5-9-22(23)32-2/h5-6,9-10,12,16,19,21H,3-4,7-8,11,13-15,17-18H2,1-2H3. The molecule has 1 aliphatic heterocycles. The monoisotopic (exact) mass is 486 g/mol. The second-order valence-corrected chi connectivity index (χ2v) is 9.85. The Balaban J connectivity index is 1.50. The van der Waals surface area contributed by atoms with Gasteiger partial charge in [-0.1, -0.05) is 25.0 Å². The van der Waals surface area contributed by atoms with Gasteiger partial charge in [0, 0.05) is 31.0 Å². The van der Waals surface area contributed by atoms with Crippen LogP contribution in [-0.4, -0.2) is 68.7 Å². The molecule has 7 nitrogen and oxygen atoms in total. The number of para-hydroxylation sites is 2. The Labute approximate surface area is 205 Å². The minimum atomic E-state index is -0.210. The molecule has 1 saturated carbocycles. The molecule has 0 spiro atoms. The van der Waals surface area contributed by atoms with Crippen LogP contribution in [0.2, 0.25) is 0 Å². The summed E-state index contributed by atoms with van der Waals surface area (Å²) in [6, 6.07) is 9.40. The largest absolute Gasteiger partial charge is 0.493 e. The smallest absolute Gasteiger partial charge is 0.242 e. The van der Waals surface area contributed by atoms with E-state index in [-0.39, 0.29) is 30.3 Å². The Morgan fingerprint density at radius 2 is 1.88 bits per heavy atom. The lowest BCUT2D eigenvalue weighted by Crippen LogP contribution is -2.49. The maximum absolute atomic E-state index is 13.6. The van der Waals surface area contributed by atoms with E-state index in [1.165, 1.54) is 4.88 Å². The van der Waals surface area contributed by atoms with Gasteiger partial charge < -0.3 is 24.0 Å². The fourth-order valence-corrected chi connectivity index (χ4v) is 5.86. The van der Waals surface area contributed by atoms with E-state index in [1.54, 1.807) is 30.5 Å². The lowest BCUT2D eigenvalue weighted by Gasteiger charge is -2.37. The quantitative estimate of drug-likeness (QED) is 0.509. The van der Waals surface area contributed by atoms with Crippen molar-refractivity contribution in [3.05, 3.63) is 46.2 Å². The van der Waals surface area contributed by atoms with E-state index in [4.69, 9.17) is 14.2 Å². The number of carbonyl (C=O) groups excluding carboxylic acids is 2. The number of amides is 2. The van der Waals surface area contributed by atoms with E-state index in [2.05, 4.69) is 11.4 Å². The molecule has 0 N–H and O–H groups in total. The van der Waals surface area contributed by atoms with Gasteiger partial charge in [-0.15, -0.1) is 11.3 Å². The van der Waals surface area contributed by atoms with Gasteiger partial charge in [0.2, 0.25) is 11.8 Å². The first-order valence-electron chi connectivity index (χ1n) is 12.0. The maximum atomic E-state index is 13.6. The summed E-state index contributed by atoms with van der Waals surface area (Å²) >= 11 is 1.72. The molecule has 2 amide bonds. The van der Waals surface area contributed by atoms with Gasteiger partial charge in [0.15, 0.2) is 11.5 Å². The van der Waals surface area contributed by atoms with Gasteiger partial charge in [-0.2, -0.15) is 0 Å². The molecule has 1 fully saturated rings. The fraction of sp³-hybridized carbons (Fsp3) is 0.538. The Hall–Kier alpha value is -2.58. The van der Waals surface area contributed by atoms with Crippen LogP contribution in [0.15, 0.2) is 35.7 Å². The molecule has 0 bridgehead atoms. The van der Waals surface area contributed by atoms with Gasteiger partial charge in [0.25, 0.3) is 0 Å². The van der Waals surface area contributed by atoms with Gasteiger partial charge in [-0.25, -0.2) is 0 Å². The third-order valence-corrected chi connectivity index (χ3v) is 7.79. The van der Waals surface area contributed by atoms with Crippen LogP contribution in [-0.2, 0) is 20.7 Å². The summed E-state index contributed by atoms with van der Waals surface area (Å²) in [5.74, 6) is 1.37. The summed E-state index contributed by atoms with van der Waals surface area (Å²) in [5, 5.41) is 2.07. The summed E-state index contributed by atoms with van der Waals surface area (Å²) in [5.41, 5.74) is 1.13. The Kier molecular flexibility index (Phi) is 8.45. The Bertz CT molecular complexity index is 972. The zero-order valence-electron chi connectivity index (χ0n) is 20.0. The van der Waals surface area contributed by atoms with Crippen molar-refractivity contribution < 1.29 is 23.8 Å². The van der Waals surface area contributed by atoms with Gasteiger partial charge in [0.1, 0.15) is 6.61 Å². The Morgan fingerprint density at radius 3 is 2.62 bits per heavy atom. The molecule has 4 rings (SSSR count). The Morgan fingerprint density at radius 1 is 1.12 bits per heavy atom. The molecule has 2 heterocycles. The number of methoxy groups -OCH3 is 2. The van der Waals surface area contributed by atoms with Crippen molar-refractivity contribution in [1.29, 1.82) is 0 Å². The molecule has 2 aliphatic rings. The summed E-state index contributed by atoms with van der Waals surface area (Å²) in [6.07, 6.45) is 4.80. The molecule has 1 aromatic heterocycles. The van der Waals surface area contributed by atoms with E-state index in [9.17, 15) is 9.59 Å². The van der Waals surface area contributed by atoms with Gasteiger partial charge in [-0.05, 0) is 48.4 Å². The van der Waals surface area contributed by atoms with Crippen LogP contribution in [0, 0.1) is 5.92 Å². The van der Waals surface area contributed by atoms with Crippen LogP contribution in [0.4, 0.5) is 0 Å². The highest BCUT2D eigenvalue weighted by Crippen LogP contribution is 2.35. The highest BCUT2D eigenvalue weighted by atomic mass is 32.1. The number of benzene rings is 1. The van der Waals surface area contributed by atoms with Crippen molar-refractivity contribution in [3.8, 4) is 11.5 Å². The first-order valence-corrected chi connectivity index (χ1v) is 12.9. The van der Waals surface area contributed by atoms with Crippen LogP contribution in [0.5, 0.6) is 11.5 Å². The van der Waals surface area contributed by atoms with Crippen LogP contribution in [0.25, 0.3) is 0 Å². The highest BCUT2D eigenvalue weighted by Gasteiger charge is 2.35. The summed E-state index contributed by atoms with van der Waals surface area (Å²) in [6.45, 7) is 1.86. The number of carbonyl (C=O) groups is 2. The highest BCUT2D eigenvalue weighted by molar-refractivity contribution is 7.10. The zero-order chi connectivity index (χ0) is 23.9. The van der Waals surface area contributed by atoms with Gasteiger partial charge in [-0.3, -0.25) is 9.59 Å². The maximum Gasteiger partial charge on any atom is 0.242 e. The number of fused-ring (bicyclic) bond motifs is 1. The molecule has 1 aliphatic carbocycles. The number of nitrogens with zero attached hydrogens (tertiary/aromatic N) is 2. The molecule has 1 unspecified atom stereocenters. The van der Waals surface area contributed by atoms with Crippen molar-refractivity contribution in [1.82, 2.24) is 9.80 Å². The number of hydrogen-bond donors (Lipinski definition) is 0. The minimum Gasteiger partial charge on any atom is -0.493 e. The zero-order valence-corrected chi connectivity index (χ0v) is 20.9. The summed E-state index contributed by atoms with van der Waals surface area (Å²) in [4.78, 5) is 31.6.